The highest BCUT2D eigenvalue weighted by Gasteiger charge is 2.16. The second-order valence-electron chi connectivity index (χ2n) is 5.80. The maximum atomic E-state index is 12.8. The van der Waals surface area contributed by atoms with E-state index in [1.165, 1.54) is 6.33 Å². The van der Waals surface area contributed by atoms with Gasteiger partial charge in [0.2, 0.25) is 6.79 Å². The Labute approximate surface area is 141 Å². The molecule has 0 amide bonds. The van der Waals surface area contributed by atoms with Crippen LogP contribution < -0.4 is 15.0 Å². The van der Waals surface area contributed by atoms with Crippen molar-refractivity contribution in [3.8, 4) is 11.5 Å². The van der Waals surface area contributed by atoms with E-state index < -0.39 is 0 Å². The molecule has 1 aromatic carbocycles. The zero-order valence-electron chi connectivity index (χ0n) is 13.0. The van der Waals surface area contributed by atoms with Crippen molar-refractivity contribution >= 4 is 21.9 Å². The molecule has 25 heavy (non-hydrogen) atoms. The fourth-order valence-electron chi connectivity index (χ4n) is 2.94. The predicted molar refractivity (Wildman–Crippen MR) is 90.8 cm³/mol. The van der Waals surface area contributed by atoms with Crippen LogP contribution in [-0.2, 0) is 6.54 Å². The van der Waals surface area contributed by atoms with Gasteiger partial charge in [0.25, 0.3) is 5.56 Å². The van der Waals surface area contributed by atoms with Crippen molar-refractivity contribution in [2.24, 2.45) is 0 Å². The van der Waals surface area contributed by atoms with E-state index in [4.69, 9.17) is 9.47 Å². The summed E-state index contributed by atoms with van der Waals surface area (Å²) in [5, 5.41) is 1.28. The molecule has 7 heteroatoms. The van der Waals surface area contributed by atoms with Gasteiger partial charge in [0.1, 0.15) is 6.33 Å². The highest BCUT2D eigenvalue weighted by molar-refractivity contribution is 5.92. The van der Waals surface area contributed by atoms with Crippen LogP contribution in [0.1, 0.15) is 5.56 Å². The van der Waals surface area contributed by atoms with Gasteiger partial charge >= 0.3 is 0 Å². The van der Waals surface area contributed by atoms with Crippen LogP contribution in [0.2, 0.25) is 0 Å². The fourth-order valence-corrected chi connectivity index (χ4v) is 2.94. The van der Waals surface area contributed by atoms with Crippen molar-refractivity contribution in [2.75, 3.05) is 6.79 Å². The van der Waals surface area contributed by atoms with Crippen LogP contribution >= 0.6 is 0 Å². The molecule has 7 nitrogen and oxygen atoms in total. The van der Waals surface area contributed by atoms with E-state index in [0.717, 1.165) is 10.9 Å². The number of ether oxygens (including phenoxy) is 2. The Hall–Kier alpha value is -3.48. The lowest BCUT2D eigenvalue weighted by Gasteiger charge is -2.07. The molecule has 0 N–H and O–H groups in total. The third-order valence-corrected chi connectivity index (χ3v) is 4.18. The van der Waals surface area contributed by atoms with E-state index in [1.807, 2.05) is 18.2 Å². The Morgan fingerprint density at radius 1 is 1.16 bits per heavy atom. The lowest BCUT2D eigenvalue weighted by molar-refractivity contribution is 0.174. The molecule has 0 aliphatic carbocycles. The van der Waals surface area contributed by atoms with Gasteiger partial charge in [0, 0.05) is 23.8 Å². The monoisotopic (exact) mass is 332 g/mol. The lowest BCUT2D eigenvalue weighted by atomic mass is 10.1. The topological polar surface area (TPSA) is 79.1 Å². The molecule has 0 spiro atoms. The molecule has 3 aromatic heterocycles. The van der Waals surface area contributed by atoms with Crippen LogP contribution in [0.5, 0.6) is 11.5 Å². The highest BCUT2D eigenvalue weighted by atomic mass is 16.7. The second-order valence-corrected chi connectivity index (χ2v) is 5.80. The Morgan fingerprint density at radius 3 is 2.88 bits per heavy atom. The SMILES string of the molecule is O=c1c2cc3cc4c(cc3nc2ncn1Cc1cccnc1)OCO4. The Balaban J connectivity index is 1.68. The first kappa shape index (κ1) is 13.9. The van der Waals surface area contributed by atoms with E-state index in [-0.39, 0.29) is 12.4 Å². The number of rotatable bonds is 2. The summed E-state index contributed by atoms with van der Waals surface area (Å²) in [5.41, 5.74) is 1.93. The molecule has 0 atom stereocenters. The second kappa shape index (κ2) is 5.27. The van der Waals surface area contributed by atoms with Gasteiger partial charge in [0.05, 0.1) is 17.4 Å². The number of aromatic nitrogens is 4. The molecule has 0 bridgehead atoms. The Bertz CT molecular complexity index is 1170. The quantitative estimate of drug-likeness (QED) is 0.523. The molecule has 1 aliphatic rings. The van der Waals surface area contributed by atoms with Crippen molar-refractivity contribution in [2.45, 2.75) is 6.54 Å². The summed E-state index contributed by atoms with van der Waals surface area (Å²) in [6, 6.07) is 9.20. The van der Waals surface area contributed by atoms with E-state index in [2.05, 4.69) is 15.0 Å². The number of benzene rings is 1. The molecule has 1 aliphatic heterocycles. The first-order valence-corrected chi connectivity index (χ1v) is 7.76. The van der Waals surface area contributed by atoms with Crippen LogP contribution in [-0.4, -0.2) is 26.3 Å². The van der Waals surface area contributed by atoms with E-state index in [1.54, 1.807) is 29.1 Å². The average Bonchev–Trinajstić information content (AvgIpc) is 3.09. The number of pyridine rings is 2. The third kappa shape index (κ3) is 2.28. The molecule has 5 rings (SSSR count). The minimum absolute atomic E-state index is 0.138. The van der Waals surface area contributed by atoms with Gasteiger partial charge < -0.3 is 9.47 Å². The van der Waals surface area contributed by atoms with Crippen LogP contribution in [0.3, 0.4) is 0 Å². The van der Waals surface area contributed by atoms with Crippen molar-refractivity contribution in [3.05, 3.63) is 65.0 Å². The molecule has 4 heterocycles. The van der Waals surface area contributed by atoms with Crippen molar-refractivity contribution < 1.29 is 9.47 Å². The zero-order valence-corrected chi connectivity index (χ0v) is 13.0. The summed E-state index contributed by atoms with van der Waals surface area (Å²) < 4.78 is 12.3. The van der Waals surface area contributed by atoms with Gasteiger partial charge in [-0.1, -0.05) is 6.07 Å². The van der Waals surface area contributed by atoms with Gasteiger partial charge in [-0.2, -0.15) is 0 Å². The number of nitrogens with zero attached hydrogens (tertiary/aromatic N) is 4. The zero-order chi connectivity index (χ0) is 16.8. The summed E-state index contributed by atoms with van der Waals surface area (Å²) in [6.45, 7) is 0.607. The van der Waals surface area contributed by atoms with Crippen LogP contribution in [0.25, 0.3) is 21.9 Å². The average molecular weight is 332 g/mol. The fraction of sp³-hybridized carbons (Fsp3) is 0.111. The van der Waals surface area contributed by atoms with Crippen molar-refractivity contribution in [1.82, 2.24) is 19.5 Å². The molecule has 0 fully saturated rings. The molecule has 0 saturated carbocycles. The minimum atomic E-state index is -0.138. The van der Waals surface area contributed by atoms with Crippen LogP contribution in [0.4, 0.5) is 0 Å². The molecular weight excluding hydrogens is 320 g/mol. The van der Waals surface area contributed by atoms with Crippen molar-refractivity contribution in [3.63, 3.8) is 0 Å². The van der Waals surface area contributed by atoms with E-state index in [9.17, 15) is 4.79 Å². The summed E-state index contributed by atoms with van der Waals surface area (Å²) >= 11 is 0. The van der Waals surface area contributed by atoms with Gasteiger partial charge in [0.15, 0.2) is 17.1 Å². The van der Waals surface area contributed by atoms with Gasteiger partial charge in [-0.05, 0) is 23.8 Å². The number of hydrogen-bond acceptors (Lipinski definition) is 6. The predicted octanol–water partition coefficient (Wildman–Crippen LogP) is 2.12. The first-order valence-electron chi connectivity index (χ1n) is 7.76. The Kier molecular flexibility index (Phi) is 2.93. The molecular formula is C18H12N4O3. The maximum absolute atomic E-state index is 12.8. The smallest absolute Gasteiger partial charge is 0.263 e. The lowest BCUT2D eigenvalue weighted by Crippen LogP contribution is -2.21. The van der Waals surface area contributed by atoms with Crippen LogP contribution in [0.15, 0.2) is 53.8 Å². The minimum Gasteiger partial charge on any atom is -0.454 e. The van der Waals surface area contributed by atoms with Crippen LogP contribution in [0, 0.1) is 0 Å². The standard InChI is InChI=1S/C18H12N4O3/c23-18-13-4-12-5-15-16(25-10-24-15)6-14(12)21-17(13)20-9-22(18)8-11-2-1-3-19-7-11/h1-7,9H,8,10H2. The first-order chi connectivity index (χ1) is 12.3. The molecule has 0 unspecified atom stereocenters. The highest BCUT2D eigenvalue weighted by Crippen LogP contribution is 2.35. The maximum Gasteiger partial charge on any atom is 0.263 e. The number of fused-ring (bicyclic) bond motifs is 3. The largest absolute Gasteiger partial charge is 0.454 e. The normalized spacial score (nSPS) is 12.8. The van der Waals surface area contributed by atoms with Gasteiger partial charge in [-0.3, -0.25) is 14.3 Å². The van der Waals surface area contributed by atoms with Gasteiger partial charge in [-0.15, -0.1) is 0 Å². The Morgan fingerprint density at radius 2 is 2.04 bits per heavy atom. The van der Waals surface area contributed by atoms with Gasteiger partial charge in [-0.25, -0.2) is 9.97 Å². The summed E-state index contributed by atoms with van der Waals surface area (Å²) in [6.07, 6.45) is 4.95. The summed E-state index contributed by atoms with van der Waals surface area (Å²) in [4.78, 5) is 25.7. The molecule has 122 valence electrons. The van der Waals surface area contributed by atoms with Crippen molar-refractivity contribution in [1.29, 1.82) is 0 Å². The molecule has 4 aromatic rings. The molecule has 0 saturated heterocycles. The summed E-state index contributed by atoms with van der Waals surface area (Å²) in [7, 11) is 0. The van der Waals surface area contributed by atoms with E-state index >= 15 is 0 Å². The summed E-state index contributed by atoms with van der Waals surface area (Å²) in [5.74, 6) is 1.32. The van der Waals surface area contributed by atoms with E-state index in [0.29, 0.717) is 34.6 Å². The molecule has 0 radical (unpaired) electrons. The number of hydrogen-bond donors (Lipinski definition) is 0. The third-order valence-electron chi connectivity index (χ3n) is 4.18.